The molecular weight excluding hydrogens is 435 g/mol. The summed E-state index contributed by atoms with van der Waals surface area (Å²) in [6.45, 7) is 1.10. The molecule has 7 heteroatoms. The summed E-state index contributed by atoms with van der Waals surface area (Å²) in [6, 6.07) is 19.9. The highest BCUT2D eigenvalue weighted by Gasteiger charge is 2.24. The first-order chi connectivity index (χ1) is 16.5. The van der Waals surface area contributed by atoms with Crippen molar-refractivity contribution in [3.8, 4) is 5.75 Å². The quantitative estimate of drug-likeness (QED) is 0.477. The van der Waals surface area contributed by atoms with Gasteiger partial charge in [-0.1, -0.05) is 36.4 Å². The number of carboxylic acids is 1. The van der Waals surface area contributed by atoms with Crippen molar-refractivity contribution >= 4 is 23.3 Å². The van der Waals surface area contributed by atoms with Crippen molar-refractivity contribution < 1.29 is 23.8 Å². The largest absolute Gasteiger partial charge is 0.484 e. The normalized spacial score (nSPS) is 12.7. The zero-order valence-corrected chi connectivity index (χ0v) is 18.8. The number of nitrogens with zero attached hydrogens (tertiary/aromatic N) is 1. The van der Waals surface area contributed by atoms with Crippen molar-refractivity contribution in [2.75, 3.05) is 23.4 Å². The molecule has 6 nitrogen and oxygen atoms in total. The van der Waals surface area contributed by atoms with Crippen molar-refractivity contribution in [1.29, 1.82) is 0 Å². The lowest BCUT2D eigenvalue weighted by atomic mass is 9.96. The minimum absolute atomic E-state index is 0.0283. The molecule has 0 saturated heterocycles. The first kappa shape index (κ1) is 23.3. The number of carbonyl (C=O) groups is 2. The van der Waals surface area contributed by atoms with Crippen LogP contribution in [0.3, 0.4) is 0 Å². The van der Waals surface area contributed by atoms with Gasteiger partial charge in [0.2, 0.25) is 0 Å². The van der Waals surface area contributed by atoms with Gasteiger partial charge in [0.25, 0.3) is 5.91 Å². The number of amides is 1. The Balaban J connectivity index is 1.42. The minimum atomic E-state index is -0.949. The lowest BCUT2D eigenvalue weighted by Crippen LogP contribution is -2.39. The molecule has 4 rings (SSSR count). The van der Waals surface area contributed by atoms with E-state index in [2.05, 4.69) is 5.32 Å². The molecule has 0 saturated carbocycles. The van der Waals surface area contributed by atoms with Crippen LogP contribution in [0.2, 0.25) is 0 Å². The van der Waals surface area contributed by atoms with Gasteiger partial charge in [0, 0.05) is 30.9 Å². The summed E-state index contributed by atoms with van der Waals surface area (Å²) in [5, 5.41) is 12.0. The summed E-state index contributed by atoms with van der Waals surface area (Å²) < 4.78 is 20.0. The molecule has 0 aromatic heterocycles. The molecule has 3 aromatic rings. The number of nitrogens with one attached hydrogen (secondary N) is 1. The topological polar surface area (TPSA) is 78.9 Å². The number of para-hydroxylation sites is 1. The number of carboxylic acid groups (broad SMARTS) is 1. The Morgan fingerprint density at radius 2 is 1.85 bits per heavy atom. The Kier molecular flexibility index (Phi) is 7.42. The van der Waals surface area contributed by atoms with Crippen molar-refractivity contribution in [2.24, 2.45) is 0 Å². The van der Waals surface area contributed by atoms with Gasteiger partial charge in [0.05, 0.1) is 0 Å². The van der Waals surface area contributed by atoms with Crippen LogP contribution in [0.5, 0.6) is 5.75 Å². The summed E-state index contributed by atoms with van der Waals surface area (Å²) in [5.41, 5.74) is 4.05. The number of rotatable bonds is 9. The highest BCUT2D eigenvalue weighted by molar-refractivity contribution is 5.95. The third-order valence-corrected chi connectivity index (χ3v) is 5.90. The van der Waals surface area contributed by atoms with E-state index in [9.17, 15) is 14.0 Å². The van der Waals surface area contributed by atoms with Gasteiger partial charge in [-0.25, -0.2) is 4.39 Å². The van der Waals surface area contributed by atoms with Crippen molar-refractivity contribution in [1.82, 2.24) is 0 Å². The molecule has 1 aliphatic heterocycles. The summed E-state index contributed by atoms with van der Waals surface area (Å²) in [5.74, 6) is -0.799. The highest BCUT2D eigenvalue weighted by Crippen LogP contribution is 2.31. The second kappa shape index (κ2) is 10.8. The number of carbonyl (C=O) groups excluding carboxylic acids is 1. The second-order valence-corrected chi connectivity index (χ2v) is 8.22. The SMILES string of the molecule is O=C(O)CCc1ccc(NCc2cccc3c2CCCN3C(=O)COc2ccccc2)cc1F. The standard InChI is InChI=1S/C27H27FN2O4/c28-24-16-21(13-11-19(24)12-14-27(32)33)29-17-20-6-4-10-25-23(20)9-5-15-30(25)26(31)18-34-22-7-2-1-3-8-22/h1-4,6-8,10-11,13,16,29H,5,9,12,14-15,17-18H2,(H,32,33). The summed E-state index contributed by atoms with van der Waals surface area (Å²) in [7, 11) is 0. The monoisotopic (exact) mass is 462 g/mol. The Labute approximate surface area is 198 Å². The number of halogens is 1. The van der Waals surface area contributed by atoms with Crippen LogP contribution in [0.25, 0.3) is 0 Å². The van der Waals surface area contributed by atoms with Gasteiger partial charge in [-0.05, 0) is 66.3 Å². The molecule has 0 spiro atoms. The van der Waals surface area contributed by atoms with Gasteiger partial charge in [-0.2, -0.15) is 0 Å². The average molecular weight is 463 g/mol. The maximum Gasteiger partial charge on any atom is 0.303 e. The van der Waals surface area contributed by atoms with E-state index in [1.807, 2.05) is 48.5 Å². The molecule has 1 amide bonds. The van der Waals surface area contributed by atoms with Gasteiger partial charge < -0.3 is 20.1 Å². The summed E-state index contributed by atoms with van der Waals surface area (Å²) >= 11 is 0. The van der Waals surface area contributed by atoms with Gasteiger partial charge in [0.1, 0.15) is 11.6 Å². The number of aryl methyl sites for hydroxylation is 1. The third-order valence-electron chi connectivity index (χ3n) is 5.90. The fourth-order valence-electron chi connectivity index (χ4n) is 4.16. The first-order valence-electron chi connectivity index (χ1n) is 11.3. The molecule has 0 radical (unpaired) electrons. The minimum Gasteiger partial charge on any atom is -0.484 e. The van der Waals surface area contributed by atoms with Crippen molar-refractivity contribution in [2.45, 2.75) is 32.2 Å². The Hall–Kier alpha value is -3.87. The lowest BCUT2D eigenvalue weighted by molar-refractivity contribution is -0.137. The van der Waals surface area contributed by atoms with Crippen LogP contribution in [0.4, 0.5) is 15.8 Å². The summed E-state index contributed by atoms with van der Waals surface area (Å²) in [4.78, 5) is 25.4. The number of fused-ring (bicyclic) bond motifs is 1. The smallest absolute Gasteiger partial charge is 0.303 e. The molecule has 0 unspecified atom stereocenters. The third kappa shape index (κ3) is 5.73. The van der Waals surface area contributed by atoms with Crippen LogP contribution >= 0.6 is 0 Å². The van der Waals surface area contributed by atoms with Crippen LogP contribution in [0, 0.1) is 5.82 Å². The van der Waals surface area contributed by atoms with E-state index >= 15 is 0 Å². The molecule has 2 N–H and O–H groups in total. The molecule has 1 aliphatic rings. The van der Waals surface area contributed by atoms with E-state index in [1.54, 1.807) is 17.0 Å². The molecule has 3 aromatic carbocycles. The molecule has 1 heterocycles. The van der Waals surface area contributed by atoms with Crippen LogP contribution in [0.15, 0.2) is 66.7 Å². The van der Waals surface area contributed by atoms with Gasteiger partial charge in [0.15, 0.2) is 6.61 Å². The Bertz CT molecular complexity index is 1170. The van der Waals surface area contributed by atoms with E-state index in [0.717, 1.165) is 29.7 Å². The molecule has 176 valence electrons. The predicted molar refractivity (Wildman–Crippen MR) is 129 cm³/mol. The van der Waals surface area contributed by atoms with E-state index < -0.39 is 11.8 Å². The molecule has 0 fully saturated rings. The van der Waals surface area contributed by atoms with E-state index in [-0.39, 0.29) is 25.4 Å². The number of aliphatic carboxylic acids is 1. The number of hydrogen-bond acceptors (Lipinski definition) is 4. The first-order valence-corrected chi connectivity index (χ1v) is 11.3. The van der Waals surface area contributed by atoms with Gasteiger partial charge >= 0.3 is 5.97 Å². The van der Waals surface area contributed by atoms with E-state index in [1.165, 1.54) is 6.07 Å². The number of anilines is 2. The number of hydrogen-bond donors (Lipinski definition) is 2. The molecule has 0 atom stereocenters. The van der Waals surface area contributed by atoms with Crippen LogP contribution < -0.4 is 15.0 Å². The fourth-order valence-corrected chi connectivity index (χ4v) is 4.16. The molecular formula is C27H27FN2O4. The highest BCUT2D eigenvalue weighted by atomic mass is 19.1. The lowest BCUT2D eigenvalue weighted by Gasteiger charge is -2.31. The maximum absolute atomic E-state index is 14.3. The van der Waals surface area contributed by atoms with E-state index in [4.69, 9.17) is 9.84 Å². The predicted octanol–water partition coefficient (Wildman–Crippen LogP) is 4.81. The Morgan fingerprint density at radius 3 is 2.62 bits per heavy atom. The van der Waals surface area contributed by atoms with E-state index in [0.29, 0.717) is 30.1 Å². The number of benzene rings is 3. The zero-order valence-electron chi connectivity index (χ0n) is 18.8. The average Bonchev–Trinajstić information content (AvgIpc) is 2.85. The Morgan fingerprint density at radius 1 is 1.03 bits per heavy atom. The second-order valence-electron chi connectivity index (χ2n) is 8.22. The van der Waals surface area contributed by atoms with Crippen molar-refractivity contribution in [3.63, 3.8) is 0 Å². The van der Waals surface area contributed by atoms with Crippen molar-refractivity contribution in [3.05, 3.63) is 89.2 Å². The summed E-state index contributed by atoms with van der Waals surface area (Å²) in [6.07, 6.45) is 1.77. The molecule has 0 bridgehead atoms. The van der Waals surface area contributed by atoms with Crippen LogP contribution in [-0.4, -0.2) is 30.1 Å². The van der Waals surface area contributed by atoms with Gasteiger partial charge in [-0.3, -0.25) is 9.59 Å². The zero-order chi connectivity index (χ0) is 23.9. The van der Waals surface area contributed by atoms with Gasteiger partial charge in [-0.15, -0.1) is 0 Å². The van der Waals surface area contributed by atoms with Crippen LogP contribution in [-0.2, 0) is 29.0 Å². The molecule has 34 heavy (non-hydrogen) atoms. The number of ether oxygens (including phenoxy) is 1. The van der Waals surface area contributed by atoms with Crippen LogP contribution in [0.1, 0.15) is 29.5 Å². The molecule has 0 aliphatic carbocycles. The fraction of sp³-hybridized carbons (Fsp3) is 0.259. The maximum atomic E-state index is 14.3.